The quantitative estimate of drug-likeness (QED) is 0.576. The lowest BCUT2D eigenvalue weighted by molar-refractivity contribution is 0.310. The molecule has 0 atom stereocenters. The standard InChI is InChI=1S/C17H23N3O2S/c1-3-22-16-11-13(6-7-15(16)21-2)12-20-17(18)19-9-8-14-5-4-10-23-14/h4-7,10-11H,3,8-9,12H2,1-2H3,(H3,18,19,20). The van der Waals surface area contributed by atoms with Crippen LogP contribution in [-0.2, 0) is 13.0 Å². The number of nitrogens with zero attached hydrogens (tertiary/aromatic N) is 1. The van der Waals surface area contributed by atoms with Gasteiger partial charge < -0.3 is 20.5 Å². The predicted molar refractivity (Wildman–Crippen MR) is 95.5 cm³/mol. The van der Waals surface area contributed by atoms with Gasteiger partial charge in [-0.05, 0) is 42.5 Å². The average Bonchev–Trinajstić information content (AvgIpc) is 3.07. The molecular formula is C17H23N3O2S. The van der Waals surface area contributed by atoms with Gasteiger partial charge in [0.1, 0.15) is 0 Å². The highest BCUT2D eigenvalue weighted by Crippen LogP contribution is 2.28. The molecule has 0 spiro atoms. The molecule has 6 heteroatoms. The Morgan fingerprint density at radius 2 is 2.17 bits per heavy atom. The largest absolute Gasteiger partial charge is 0.493 e. The van der Waals surface area contributed by atoms with Gasteiger partial charge in [-0.15, -0.1) is 11.3 Å². The van der Waals surface area contributed by atoms with Crippen molar-refractivity contribution in [2.45, 2.75) is 19.9 Å². The molecule has 0 amide bonds. The van der Waals surface area contributed by atoms with E-state index in [1.54, 1.807) is 18.4 Å². The summed E-state index contributed by atoms with van der Waals surface area (Å²) in [6.07, 6.45) is 0.949. The Balaban J connectivity index is 1.86. The number of methoxy groups -OCH3 is 1. The summed E-state index contributed by atoms with van der Waals surface area (Å²) in [6, 6.07) is 9.95. The van der Waals surface area contributed by atoms with Crippen molar-refractivity contribution in [3.8, 4) is 11.5 Å². The van der Waals surface area contributed by atoms with Crippen LogP contribution in [-0.4, -0.2) is 26.2 Å². The highest BCUT2D eigenvalue weighted by molar-refractivity contribution is 7.09. The molecule has 0 saturated heterocycles. The van der Waals surface area contributed by atoms with Crippen LogP contribution < -0.4 is 20.5 Å². The summed E-state index contributed by atoms with van der Waals surface area (Å²) in [4.78, 5) is 5.70. The molecule has 0 fully saturated rings. The number of aliphatic imine (C=N–C) groups is 1. The van der Waals surface area contributed by atoms with Gasteiger partial charge in [0.2, 0.25) is 0 Å². The number of ether oxygens (including phenoxy) is 2. The second-order valence-corrected chi connectivity index (χ2v) is 5.91. The Morgan fingerprint density at radius 1 is 1.30 bits per heavy atom. The zero-order valence-corrected chi connectivity index (χ0v) is 14.4. The Hall–Kier alpha value is -2.21. The number of hydrogen-bond donors (Lipinski definition) is 2. The topological polar surface area (TPSA) is 68.9 Å². The molecule has 0 aliphatic carbocycles. The van der Waals surface area contributed by atoms with Crippen LogP contribution in [0.2, 0.25) is 0 Å². The van der Waals surface area contributed by atoms with Crippen molar-refractivity contribution in [2.75, 3.05) is 20.3 Å². The molecule has 0 aliphatic rings. The first-order chi connectivity index (χ1) is 11.2. The average molecular weight is 333 g/mol. The van der Waals surface area contributed by atoms with E-state index < -0.39 is 0 Å². The second kappa shape index (κ2) is 9.05. The van der Waals surface area contributed by atoms with E-state index in [9.17, 15) is 0 Å². The van der Waals surface area contributed by atoms with Gasteiger partial charge in [0, 0.05) is 11.4 Å². The summed E-state index contributed by atoms with van der Waals surface area (Å²) in [5.41, 5.74) is 6.93. The summed E-state index contributed by atoms with van der Waals surface area (Å²) in [5.74, 6) is 1.91. The maximum absolute atomic E-state index is 5.90. The molecule has 1 aromatic carbocycles. The molecular weight excluding hydrogens is 310 g/mol. The monoisotopic (exact) mass is 333 g/mol. The maximum Gasteiger partial charge on any atom is 0.188 e. The number of benzene rings is 1. The van der Waals surface area contributed by atoms with Gasteiger partial charge in [0.25, 0.3) is 0 Å². The van der Waals surface area contributed by atoms with Crippen molar-refractivity contribution in [3.63, 3.8) is 0 Å². The Morgan fingerprint density at radius 3 is 2.87 bits per heavy atom. The Kier molecular flexibility index (Phi) is 6.75. The minimum absolute atomic E-state index is 0.454. The number of guanidine groups is 1. The molecule has 0 radical (unpaired) electrons. The summed E-state index contributed by atoms with van der Waals surface area (Å²) in [6.45, 7) is 3.82. The van der Waals surface area contributed by atoms with Gasteiger partial charge in [-0.2, -0.15) is 0 Å². The Labute approximate surface area is 141 Å². The second-order valence-electron chi connectivity index (χ2n) is 4.88. The van der Waals surface area contributed by atoms with Crippen LogP contribution in [0.15, 0.2) is 40.7 Å². The van der Waals surface area contributed by atoms with Gasteiger partial charge in [-0.3, -0.25) is 0 Å². The fraction of sp³-hybridized carbons (Fsp3) is 0.353. The van der Waals surface area contributed by atoms with E-state index in [4.69, 9.17) is 15.2 Å². The fourth-order valence-corrected chi connectivity index (χ4v) is 2.80. The van der Waals surface area contributed by atoms with E-state index in [-0.39, 0.29) is 0 Å². The van der Waals surface area contributed by atoms with Gasteiger partial charge in [-0.25, -0.2) is 4.99 Å². The minimum atomic E-state index is 0.454. The van der Waals surface area contributed by atoms with Crippen LogP contribution in [0.1, 0.15) is 17.4 Å². The number of nitrogens with one attached hydrogen (secondary N) is 1. The molecule has 2 aromatic rings. The minimum Gasteiger partial charge on any atom is -0.493 e. The molecule has 0 unspecified atom stereocenters. The molecule has 5 nitrogen and oxygen atoms in total. The first-order valence-corrected chi connectivity index (χ1v) is 8.46. The first kappa shape index (κ1) is 17.1. The fourth-order valence-electron chi connectivity index (χ4n) is 2.09. The lowest BCUT2D eigenvalue weighted by Crippen LogP contribution is -2.33. The molecule has 0 saturated carbocycles. The summed E-state index contributed by atoms with van der Waals surface area (Å²) >= 11 is 1.75. The Bertz CT molecular complexity index is 627. The number of nitrogens with two attached hydrogens (primary N) is 1. The zero-order chi connectivity index (χ0) is 16.5. The van der Waals surface area contributed by atoms with Crippen molar-refractivity contribution in [1.82, 2.24) is 5.32 Å². The molecule has 23 heavy (non-hydrogen) atoms. The van der Waals surface area contributed by atoms with Crippen molar-refractivity contribution in [3.05, 3.63) is 46.2 Å². The van der Waals surface area contributed by atoms with Gasteiger partial charge in [0.05, 0.1) is 20.3 Å². The third-order valence-electron chi connectivity index (χ3n) is 3.22. The third-order valence-corrected chi connectivity index (χ3v) is 4.15. The van der Waals surface area contributed by atoms with Gasteiger partial charge in [0.15, 0.2) is 17.5 Å². The van der Waals surface area contributed by atoms with E-state index in [1.807, 2.05) is 25.1 Å². The predicted octanol–water partition coefficient (Wildman–Crippen LogP) is 2.80. The van der Waals surface area contributed by atoms with E-state index in [0.29, 0.717) is 19.1 Å². The highest BCUT2D eigenvalue weighted by atomic mass is 32.1. The smallest absolute Gasteiger partial charge is 0.188 e. The van der Waals surface area contributed by atoms with Gasteiger partial charge in [-0.1, -0.05) is 12.1 Å². The maximum atomic E-state index is 5.90. The van der Waals surface area contributed by atoms with Crippen LogP contribution in [0.4, 0.5) is 0 Å². The summed E-state index contributed by atoms with van der Waals surface area (Å²) < 4.78 is 10.8. The van der Waals surface area contributed by atoms with Crippen LogP contribution in [0.25, 0.3) is 0 Å². The molecule has 0 bridgehead atoms. The molecule has 124 valence electrons. The van der Waals surface area contributed by atoms with E-state index in [1.165, 1.54) is 4.88 Å². The number of rotatable bonds is 8. The van der Waals surface area contributed by atoms with Crippen LogP contribution in [0.5, 0.6) is 11.5 Å². The molecule has 2 rings (SSSR count). The number of thiophene rings is 1. The van der Waals surface area contributed by atoms with Gasteiger partial charge >= 0.3 is 0 Å². The molecule has 0 aliphatic heterocycles. The van der Waals surface area contributed by atoms with Crippen LogP contribution in [0, 0.1) is 0 Å². The zero-order valence-electron chi connectivity index (χ0n) is 13.5. The molecule has 3 N–H and O–H groups in total. The normalized spacial score (nSPS) is 11.3. The third kappa shape index (κ3) is 5.49. The van der Waals surface area contributed by atoms with Crippen LogP contribution in [0.3, 0.4) is 0 Å². The van der Waals surface area contributed by atoms with E-state index in [0.717, 1.165) is 30.0 Å². The number of hydrogen-bond acceptors (Lipinski definition) is 4. The van der Waals surface area contributed by atoms with E-state index >= 15 is 0 Å². The lowest BCUT2D eigenvalue weighted by Gasteiger charge is -2.10. The van der Waals surface area contributed by atoms with Crippen molar-refractivity contribution in [1.29, 1.82) is 0 Å². The van der Waals surface area contributed by atoms with Crippen molar-refractivity contribution < 1.29 is 9.47 Å². The molecule has 1 heterocycles. The van der Waals surface area contributed by atoms with Crippen molar-refractivity contribution in [2.24, 2.45) is 10.7 Å². The summed E-state index contributed by atoms with van der Waals surface area (Å²) in [7, 11) is 1.63. The van der Waals surface area contributed by atoms with Crippen LogP contribution >= 0.6 is 11.3 Å². The lowest BCUT2D eigenvalue weighted by atomic mass is 10.2. The SMILES string of the molecule is CCOc1cc(CN=C(N)NCCc2cccs2)ccc1OC. The first-order valence-electron chi connectivity index (χ1n) is 7.58. The highest BCUT2D eigenvalue weighted by Gasteiger charge is 2.05. The van der Waals surface area contributed by atoms with E-state index in [2.05, 4.69) is 27.8 Å². The molecule has 1 aromatic heterocycles. The summed E-state index contributed by atoms with van der Waals surface area (Å²) in [5, 5.41) is 5.21. The van der Waals surface area contributed by atoms with Crippen molar-refractivity contribution >= 4 is 17.3 Å².